The fraction of sp³-hybridized carbons (Fsp3) is 0.143. The van der Waals surface area contributed by atoms with Crippen molar-refractivity contribution < 1.29 is 13.5 Å². The highest BCUT2D eigenvalue weighted by atomic mass is 79.9. The minimum absolute atomic E-state index is 0.251. The van der Waals surface area contributed by atoms with Crippen LogP contribution in [-0.2, 0) is 0 Å². The highest BCUT2D eigenvalue weighted by Gasteiger charge is 2.19. The first kappa shape index (κ1) is 15.4. The van der Waals surface area contributed by atoms with E-state index in [2.05, 4.69) is 31.9 Å². The monoisotopic (exact) mass is 405 g/mol. The predicted molar refractivity (Wildman–Crippen MR) is 80.8 cm³/mol. The summed E-state index contributed by atoms with van der Waals surface area (Å²) in [6, 6.07) is 6.58. The van der Waals surface area contributed by atoms with Crippen molar-refractivity contribution in [1.82, 2.24) is 0 Å². The minimum atomic E-state index is -0.755. The molecule has 2 aromatic rings. The molecule has 0 fully saturated rings. The predicted octanol–water partition coefficient (Wildman–Crippen LogP) is 4.55. The molecule has 2 N–H and O–H groups in total. The third-order valence-corrected chi connectivity index (χ3v) is 4.01. The molecular formula is C14H11Br2F2NO. The second kappa shape index (κ2) is 6.20. The van der Waals surface area contributed by atoms with Crippen molar-refractivity contribution in [2.45, 2.75) is 6.04 Å². The summed E-state index contributed by atoms with van der Waals surface area (Å²) in [6.45, 7) is 0. The van der Waals surface area contributed by atoms with Crippen molar-refractivity contribution in [2.75, 3.05) is 7.11 Å². The normalized spacial score (nSPS) is 12.3. The molecule has 0 radical (unpaired) electrons. The van der Waals surface area contributed by atoms with Gasteiger partial charge in [0, 0.05) is 21.7 Å². The highest BCUT2D eigenvalue weighted by molar-refractivity contribution is 9.10. The van der Waals surface area contributed by atoms with Crippen LogP contribution in [-0.4, -0.2) is 7.11 Å². The Hall–Kier alpha value is -0.980. The first-order chi connectivity index (χ1) is 9.43. The second-order valence-electron chi connectivity index (χ2n) is 4.15. The smallest absolute Gasteiger partial charge is 0.141 e. The van der Waals surface area contributed by atoms with Crippen LogP contribution in [0.1, 0.15) is 17.2 Å². The van der Waals surface area contributed by atoms with Gasteiger partial charge in [-0.25, -0.2) is 8.78 Å². The highest BCUT2D eigenvalue weighted by Crippen LogP contribution is 2.34. The Morgan fingerprint density at radius 2 is 1.75 bits per heavy atom. The molecule has 0 amide bonds. The molecule has 106 valence electrons. The number of halogens is 4. The van der Waals surface area contributed by atoms with E-state index in [0.29, 0.717) is 15.6 Å². The summed E-state index contributed by atoms with van der Waals surface area (Å²) in [6.07, 6.45) is 0. The molecule has 2 aromatic carbocycles. The summed E-state index contributed by atoms with van der Waals surface area (Å²) < 4.78 is 33.5. The fourth-order valence-electron chi connectivity index (χ4n) is 1.89. The Labute approximate surface area is 132 Å². The van der Waals surface area contributed by atoms with Gasteiger partial charge in [0.25, 0.3) is 0 Å². The van der Waals surface area contributed by atoms with Gasteiger partial charge in [-0.3, -0.25) is 0 Å². The number of benzene rings is 2. The summed E-state index contributed by atoms with van der Waals surface area (Å²) in [5.41, 5.74) is 6.90. The molecule has 1 atom stereocenters. The summed E-state index contributed by atoms with van der Waals surface area (Å²) in [4.78, 5) is 0. The average Bonchev–Trinajstić information content (AvgIpc) is 2.40. The molecule has 2 nitrogen and oxygen atoms in total. The lowest BCUT2D eigenvalue weighted by atomic mass is 9.98. The third-order valence-electron chi connectivity index (χ3n) is 2.91. The number of hydrogen-bond donors (Lipinski definition) is 1. The van der Waals surface area contributed by atoms with Gasteiger partial charge in [-0.1, -0.05) is 22.0 Å². The number of methoxy groups -OCH3 is 1. The maximum atomic E-state index is 14.0. The quantitative estimate of drug-likeness (QED) is 0.811. The molecular weight excluding hydrogens is 396 g/mol. The van der Waals surface area contributed by atoms with Crippen LogP contribution in [0.3, 0.4) is 0 Å². The zero-order chi connectivity index (χ0) is 14.9. The van der Waals surface area contributed by atoms with E-state index in [9.17, 15) is 8.78 Å². The Balaban J connectivity index is 2.52. The number of rotatable bonds is 3. The van der Waals surface area contributed by atoms with Gasteiger partial charge in [-0.2, -0.15) is 0 Å². The molecule has 0 aliphatic rings. The Morgan fingerprint density at radius 3 is 2.35 bits per heavy atom. The van der Waals surface area contributed by atoms with Crippen molar-refractivity contribution in [3.63, 3.8) is 0 Å². The minimum Gasteiger partial charge on any atom is -0.496 e. The van der Waals surface area contributed by atoms with Gasteiger partial charge in [0.2, 0.25) is 0 Å². The van der Waals surface area contributed by atoms with Gasteiger partial charge >= 0.3 is 0 Å². The summed E-state index contributed by atoms with van der Waals surface area (Å²) >= 11 is 6.28. The second-order valence-corrected chi connectivity index (χ2v) is 5.92. The van der Waals surface area contributed by atoms with Gasteiger partial charge in [0.15, 0.2) is 0 Å². The van der Waals surface area contributed by atoms with Gasteiger partial charge < -0.3 is 10.5 Å². The summed E-state index contributed by atoms with van der Waals surface area (Å²) in [5, 5.41) is 0. The van der Waals surface area contributed by atoms with E-state index in [1.165, 1.54) is 25.3 Å². The van der Waals surface area contributed by atoms with Crippen LogP contribution in [0.25, 0.3) is 0 Å². The molecule has 20 heavy (non-hydrogen) atoms. The summed E-state index contributed by atoms with van der Waals surface area (Å²) in [7, 11) is 1.41. The van der Waals surface area contributed by atoms with Crippen LogP contribution >= 0.6 is 31.9 Å². The first-order valence-electron chi connectivity index (χ1n) is 5.67. The number of hydrogen-bond acceptors (Lipinski definition) is 2. The fourth-order valence-corrected chi connectivity index (χ4v) is 2.58. The molecule has 0 aliphatic carbocycles. The molecule has 0 bridgehead atoms. The molecule has 1 unspecified atom stereocenters. The van der Waals surface area contributed by atoms with Crippen molar-refractivity contribution in [1.29, 1.82) is 0 Å². The SMILES string of the molecule is COc1cc(F)c(Br)cc1C(N)c1ccc(Br)cc1F. The molecule has 6 heteroatoms. The van der Waals surface area contributed by atoms with Crippen LogP contribution in [0.5, 0.6) is 5.75 Å². The van der Waals surface area contributed by atoms with Crippen molar-refractivity contribution >= 4 is 31.9 Å². The third kappa shape index (κ3) is 3.02. The zero-order valence-electron chi connectivity index (χ0n) is 10.5. The molecule has 0 spiro atoms. The molecule has 0 saturated carbocycles. The molecule has 2 rings (SSSR count). The van der Waals surface area contributed by atoms with E-state index >= 15 is 0 Å². The largest absolute Gasteiger partial charge is 0.496 e. The maximum Gasteiger partial charge on any atom is 0.141 e. The maximum absolute atomic E-state index is 14.0. The number of nitrogens with two attached hydrogens (primary N) is 1. The molecule has 0 aromatic heterocycles. The van der Waals surface area contributed by atoms with Crippen LogP contribution < -0.4 is 10.5 Å². The van der Waals surface area contributed by atoms with E-state index in [0.717, 1.165) is 0 Å². The van der Waals surface area contributed by atoms with Crippen LogP contribution in [0.4, 0.5) is 8.78 Å². The van der Waals surface area contributed by atoms with Crippen LogP contribution in [0.15, 0.2) is 39.3 Å². The van der Waals surface area contributed by atoms with Gasteiger partial charge in [0.1, 0.15) is 17.4 Å². The molecule has 0 heterocycles. The Kier molecular flexibility index (Phi) is 4.78. The first-order valence-corrected chi connectivity index (χ1v) is 7.26. The number of ether oxygens (including phenoxy) is 1. The van der Waals surface area contributed by atoms with Crippen LogP contribution in [0, 0.1) is 11.6 Å². The Morgan fingerprint density at radius 1 is 1.05 bits per heavy atom. The lowest BCUT2D eigenvalue weighted by Gasteiger charge is -2.17. The van der Waals surface area contributed by atoms with E-state index in [1.807, 2.05) is 0 Å². The van der Waals surface area contributed by atoms with E-state index in [1.54, 1.807) is 12.1 Å². The van der Waals surface area contributed by atoms with Gasteiger partial charge in [-0.15, -0.1) is 0 Å². The van der Waals surface area contributed by atoms with E-state index in [4.69, 9.17) is 10.5 Å². The topological polar surface area (TPSA) is 35.2 Å². The van der Waals surface area contributed by atoms with Gasteiger partial charge in [0.05, 0.1) is 17.6 Å². The van der Waals surface area contributed by atoms with Gasteiger partial charge in [-0.05, 0) is 34.1 Å². The average molecular weight is 407 g/mol. The molecule has 0 saturated heterocycles. The lowest BCUT2D eigenvalue weighted by Crippen LogP contribution is -2.15. The van der Waals surface area contributed by atoms with E-state index < -0.39 is 17.7 Å². The van der Waals surface area contributed by atoms with Crippen molar-refractivity contribution in [3.8, 4) is 5.75 Å². The Bertz CT molecular complexity index is 649. The van der Waals surface area contributed by atoms with Crippen LogP contribution in [0.2, 0.25) is 0 Å². The van der Waals surface area contributed by atoms with Crippen molar-refractivity contribution in [2.24, 2.45) is 5.73 Å². The lowest BCUT2D eigenvalue weighted by molar-refractivity contribution is 0.403. The standard InChI is InChI=1S/C14H11Br2F2NO/c1-20-13-6-12(18)10(16)5-9(13)14(19)8-3-2-7(15)4-11(8)17/h2-6,14H,19H2,1H3. The molecule has 0 aliphatic heterocycles. The zero-order valence-corrected chi connectivity index (χ0v) is 13.6. The van der Waals surface area contributed by atoms with E-state index in [-0.39, 0.29) is 10.2 Å². The summed E-state index contributed by atoms with van der Waals surface area (Å²) in [5.74, 6) is -0.621. The van der Waals surface area contributed by atoms with Crippen molar-refractivity contribution in [3.05, 3.63) is 62.0 Å².